The fourth-order valence-electron chi connectivity index (χ4n) is 1.79. The smallest absolute Gasteiger partial charge is 0.191 e. The van der Waals surface area contributed by atoms with Crippen LogP contribution in [0.3, 0.4) is 0 Å². The molecule has 0 heterocycles. The van der Waals surface area contributed by atoms with Crippen LogP contribution in [0, 0.1) is 5.82 Å². The molecule has 0 bridgehead atoms. The molecule has 0 aromatic heterocycles. The summed E-state index contributed by atoms with van der Waals surface area (Å²) in [5.41, 5.74) is 4.17. The van der Waals surface area contributed by atoms with Crippen LogP contribution in [0.4, 0.5) is 10.1 Å². The molecule has 2 aromatic rings. The van der Waals surface area contributed by atoms with E-state index in [0.29, 0.717) is 16.6 Å². The summed E-state index contributed by atoms with van der Waals surface area (Å²) < 4.78 is 23.2. The minimum absolute atomic E-state index is 0.291. The number of hydrazone groups is 1. The molecule has 5 nitrogen and oxygen atoms in total. The lowest BCUT2D eigenvalue weighted by Crippen LogP contribution is -2.23. The van der Waals surface area contributed by atoms with E-state index < -0.39 is 0 Å². The molecule has 0 aliphatic heterocycles. The number of methoxy groups -OCH3 is 2. The number of hydrogen-bond donors (Lipinski definition) is 2. The van der Waals surface area contributed by atoms with E-state index in [0.717, 1.165) is 11.3 Å². The molecule has 23 heavy (non-hydrogen) atoms. The molecule has 0 aliphatic rings. The lowest BCUT2D eigenvalue weighted by Gasteiger charge is -2.11. The van der Waals surface area contributed by atoms with Crippen molar-refractivity contribution in [2.24, 2.45) is 5.10 Å². The van der Waals surface area contributed by atoms with Crippen molar-refractivity contribution in [2.75, 3.05) is 19.5 Å². The van der Waals surface area contributed by atoms with Crippen molar-refractivity contribution >= 4 is 29.2 Å². The quantitative estimate of drug-likeness (QED) is 0.500. The molecule has 0 saturated heterocycles. The lowest BCUT2D eigenvalue weighted by atomic mass is 10.2. The molecule has 0 atom stereocenters. The van der Waals surface area contributed by atoms with E-state index in [-0.39, 0.29) is 5.82 Å². The van der Waals surface area contributed by atoms with Gasteiger partial charge in [0, 0.05) is 11.8 Å². The van der Waals surface area contributed by atoms with Crippen LogP contribution in [-0.4, -0.2) is 25.5 Å². The fourth-order valence-corrected chi connectivity index (χ4v) is 1.96. The van der Waals surface area contributed by atoms with E-state index in [1.165, 1.54) is 12.1 Å². The number of anilines is 1. The highest BCUT2D eigenvalue weighted by Gasteiger charge is 2.05. The Morgan fingerprint density at radius 2 is 1.78 bits per heavy atom. The van der Waals surface area contributed by atoms with Crippen LogP contribution >= 0.6 is 12.2 Å². The van der Waals surface area contributed by atoms with Crippen LogP contribution in [0.15, 0.2) is 47.6 Å². The zero-order chi connectivity index (χ0) is 16.7. The van der Waals surface area contributed by atoms with Gasteiger partial charge in [-0.25, -0.2) is 4.39 Å². The third kappa shape index (κ3) is 4.93. The molecule has 2 N–H and O–H groups in total. The van der Waals surface area contributed by atoms with Gasteiger partial charge in [-0.2, -0.15) is 5.10 Å². The first-order valence-electron chi connectivity index (χ1n) is 6.70. The van der Waals surface area contributed by atoms with Crippen molar-refractivity contribution in [2.45, 2.75) is 0 Å². The predicted octanol–water partition coefficient (Wildman–Crippen LogP) is 3.16. The predicted molar refractivity (Wildman–Crippen MR) is 92.9 cm³/mol. The van der Waals surface area contributed by atoms with Crippen molar-refractivity contribution in [3.8, 4) is 11.5 Å². The number of thiocarbonyl (C=S) groups is 1. The van der Waals surface area contributed by atoms with Crippen molar-refractivity contribution in [1.29, 1.82) is 0 Å². The largest absolute Gasteiger partial charge is 0.493 e. The fraction of sp³-hybridized carbons (Fsp3) is 0.125. The topological polar surface area (TPSA) is 54.9 Å². The Bertz CT molecular complexity index is 705. The molecule has 0 amide bonds. The van der Waals surface area contributed by atoms with E-state index in [1.54, 1.807) is 50.8 Å². The average molecular weight is 333 g/mol. The maximum atomic E-state index is 12.8. The summed E-state index contributed by atoms with van der Waals surface area (Å²) in [4.78, 5) is 0. The summed E-state index contributed by atoms with van der Waals surface area (Å²) >= 11 is 5.14. The summed E-state index contributed by atoms with van der Waals surface area (Å²) in [6, 6.07) is 11.3. The Morgan fingerprint density at radius 1 is 1.09 bits per heavy atom. The Kier molecular flexibility index (Phi) is 5.87. The van der Waals surface area contributed by atoms with E-state index in [9.17, 15) is 4.39 Å². The Labute approximate surface area is 139 Å². The van der Waals surface area contributed by atoms with E-state index in [2.05, 4.69) is 15.8 Å². The molecule has 7 heteroatoms. The summed E-state index contributed by atoms with van der Waals surface area (Å²) in [6.07, 6.45) is 1.54. The summed E-state index contributed by atoms with van der Waals surface area (Å²) in [5.74, 6) is 0.933. The number of nitrogens with zero attached hydrogens (tertiary/aromatic N) is 1. The first-order valence-corrected chi connectivity index (χ1v) is 7.11. The molecule has 0 aliphatic carbocycles. The molecule has 0 unspecified atom stereocenters. The van der Waals surface area contributed by atoms with Crippen molar-refractivity contribution in [3.63, 3.8) is 0 Å². The maximum absolute atomic E-state index is 12.8. The van der Waals surface area contributed by atoms with Gasteiger partial charge >= 0.3 is 0 Å². The molecular weight excluding hydrogens is 317 g/mol. The third-order valence-electron chi connectivity index (χ3n) is 2.89. The average Bonchev–Trinajstić information content (AvgIpc) is 2.56. The zero-order valence-corrected chi connectivity index (χ0v) is 13.5. The number of halogens is 1. The minimum atomic E-state index is -0.291. The molecule has 0 radical (unpaired) electrons. The Balaban J connectivity index is 1.93. The van der Waals surface area contributed by atoms with Crippen molar-refractivity contribution < 1.29 is 13.9 Å². The van der Waals surface area contributed by atoms with Crippen molar-refractivity contribution in [3.05, 3.63) is 53.8 Å². The summed E-state index contributed by atoms with van der Waals surface area (Å²) in [6.45, 7) is 0. The number of benzene rings is 2. The van der Waals surface area contributed by atoms with Crippen LogP contribution in [0.1, 0.15) is 5.56 Å². The highest BCUT2D eigenvalue weighted by atomic mass is 32.1. The lowest BCUT2D eigenvalue weighted by molar-refractivity contribution is 0.355. The van der Waals surface area contributed by atoms with Crippen LogP contribution in [0.25, 0.3) is 0 Å². The number of nitrogens with one attached hydrogen (secondary N) is 2. The van der Waals surface area contributed by atoms with Crippen LogP contribution in [0.2, 0.25) is 0 Å². The van der Waals surface area contributed by atoms with Gasteiger partial charge in [0.1, 0.15) is 5.82 Å². The molecule has 2 rings (SSSR count). The highest BCUT2D eigenvalue weighted by molar-refractivity contribution is 7.80. The second-order valence-electron chi connectivity index (χ2n) is 4.45. The molecular formula is C16H16FN3O2S. The molecule has 0 spiro atoms. The molecule has 2 aromatic carbocycles. The second-order valence-corrected chi connectivity index (χ2v) is 4.85. The van der Waals surface area contributed by atoms with Gasteiger partial charge < -0.3 is 14.8 Å². The summed E-state index contributed by atoms with van der Waals surface area (Å²) in [5, 5.41) is 7.28. The van der Waals surface area contributed by atoms with Crippen LogP contribution in [-0.2, 0) is 0 Å². The monoisotopic (exact) mass is 333 g/mol. The SMILES string of the molecule is COc1ccc(NC(=S)N/N=C\c2ccc(F)cc2)cc1OC. The maximum Gasteiger partial charge on any atom is 0.191 e. The van der Waals surface area contributed by atoms with Gasteiger partial charge in [-0.3, -0.25) is 5.43 Å². The number of ether oxygens (including phenoxy) is 2. The Morgan fingerprint density at radius 3 is 2.43 bits per heavy atom. The summed E-state index contributed by atoms with van der Waals surface area (Å²) in [7, 11) is 3.13. The van der Waals surface area contributed by atoms with Gasteiger partial charge in [-0.15, -0.1) is 0 Å². The minimum Gasteiger partial charge on any atom is -0.493 e. The zero-order valence-electron chi connectivity index (χ0n) is 12.7. The van der Waals surface area contributed by atoms with Crippen LogP contribution in [0.5, 0.6) is 11.5 Å². The highest BCUT2D eigenvalue weighted by Crippen LogP contribution is 2.29. The first kappa shape index (κ1) is 16.7. The van der Waals surface area contributed by atoms with Gasteiger partial charge in [-0.1, -0.05) is 12.1 Å². The van der Waals surface area contributed by atoms with E-state index >= 15 is 0 Å². The van der Waals surface area contributed by atoms with E-state index in [4.69, 9.17) is 21.7 Å². The molecule has 120 valence electrons. The van der Waals surface area contributed by atoms with Crippen LogP contribution < -0.4 is 20.2 Å². The van der Waals surface area contributed by atoms with Gasteiger partial charge in [0.2, 0.25) is 0 Å². The van der Waals surface area contributed by atoms with Crippen molar-refractivity contribution in [1.82, 2.24) is 5.43 Å². The Hall–Kier alpha value is -2.67. The number of rotatable bonds is 5. The molecule has 0 fully saturated rings. The normalized spacial score (nSPS) is 10.4. The number of hydrogen-bond acceptors (Lipinski definition) is 4. The van der Waals surface area contributed by atoms with Gasteiger partial charge in [-0.05, 0) is 42.0 Å². The van der Waals surface area contributed by atoms with E-state index in [1.807, 2.05) is 0 Å². The van der Waals surface area contributed by atoms with Gasteiger partial charge in [0.25, 0.3) is 0 Å². The van der Waals surface area contributed by atoms with Gasteiger partial charge in [0.15, 0.2) is 16.6 Å². The first-order chi connectivity index (χ1) is 11.1. The third-order valence-corrected chi connectivity index (χ3v) is 3.08. The standard InChI is InChI=1S/C16H16FN3O2S/c1-21-14-8-7-13(9-15(14)22-2)19-16(23)20-18-10-11-3-5-12(17)6-4-11/h3-10H,1-2H3,(H2,19,20,23)/b18-10-. The second kappa shape index (κ2) is 8.09. The van der Waals surface area contributed by atoms with Gasteiger partial charge in [0.05, 0.1) is 20.4 Å². The molecule has 0 saturated carbocycles.